The Morgan fingerprint density at radius 3 is 2.14 bits per heavy atom. The predicted molar refractivity (Wildman–Crippen MR) is 180 cm³/mol. The van der Waals surface area contributed by atoms with Gasteiger partial charge >= 0.3 is 0 Å². The molecule has 0 spiro atoms. The van der Waals surface area contributed by atoms with Gasteiger partial charge in [-0.2, -0.15) is 5.10 Å². The quantitative estimate of drug-likeness (QED) is 0.188. The molecule has 224 valence electrons. The number of hydrogen-bond donors (Lipinski definition) is 1. The van der Waals surface area contributed by atoms with Crippen LogP contribution in [0.25, 0.3) is 22.5 Å². The van der Waals surface area contributed by atoms with E-state index in [0.717, 1.165) is 78.7 Å². The lowest BCUT2D eigenvalue weighted by Crippen LogP contribution is -2.36. The molecule has 0 aliphatic carbocycles. The highest BCUT2D eigenvalue weighted by molar-refractivity contribution is 5.74. The molecular weight excluding hydrogens is 542 g/mol. The zero-order valence-electron chi connectivity index (χ0n) is 25.9. The number of likely N-dealkylation sites (tertiary alicyclic amines) is 1. The third-order valence-electron chi connectivity index (χ3n) is 8.68. The van der Waals surface area contributed by atoms with E-state index < -0.39 is 0 Å². The van der Waals surface area contributed by atoms with Crippen LogP contribution in [0.2, 0.25) is 0 Å². The summed E-state index contributed by atoms with van der Waals surface area (Å²) in [4.78, 5) is 4.69. The molecule has 1 N–H and O–H groups in total. The van der Waals surface area contributed by atoms with Crippen molar-refractivity contribution in [1.82, 2.24) is 25.3 Å². The first-order chi connectivity index (χ1) is 21.5. The smallest absolute Gasteiger partial charge is 0.148 e. The summed E-state index contributed by atoms with van der Waals surface area (Å²) in [5.74, 6) is 1.71. The fraction of sp³-hybridized carbons (Fsp3) is 0.297. The Hall–Kier alpha value is -4.62. The molecule has 6 rings (SSSR count). The third kappa shape index (κ3) is 7.12. The second-order valence-electron chi connectivity index (χ2n) is 12.0. The standard InChI is InChI=1S/C37H41N7/c1-27-24-35(43(2)3)37(42-39-27)32-16-14-29(15-17-32)33(30-20-22-44(23-21-30)26-28-10-6-4-7-11-28)25-38-36-19-18-34(40-41-36)31-12-8-5-9-13-31/h4-19,24,30,33H,20-23,25-26H2,1-3H3,(H,38,41). The minimum absolute atomic E-state index is 0.343. The van der Waals surface area contributed by atoms with Crippen molar-refractivity contribution in [3.05, 3.63) is 120 Å². The van der Waals surface area contributed by atoms with Gasteiger partial charge in [0.15, 0.2) is 0 Å². The summed E-state index contributed by atoms with van der Waals surface area (Å²) in [7, 11) is 4.10. The molecule has 1 atom stereocenters. The maximum absolute atomic E-state index is 4.56. The van der Waals surface area contributed by atoms with Gasteiger partial charge in [-0.05, 0) is 68.1 Å². The monoisotopic (exact) mass is 583 g/mol. The fourth-order valence-electron chi connectivity index (χ4n) is 6.23. The average molecular weight is 584 g/mol. The first-order valence-corrected chi connectivity index (χ1v) is 15.5. The summed E-state index contributed by atoms with van der Waals surface area (Å²) in [6, 6.07) is 36.1. The predicted octanol–water partition coefficient (Wildman–Crippen LogP) is 7.08. The van der Waals surface area contributed by atoms with E-state index in [9.17, 15) is 0 Å². The Labute approximate surface area is 261 Å². The Bertz CT molecular complexity index is 1610. The molecule has 1 aliphatic heterocycles. The molecule has 5 aromatic rings. The van der Waals surface area contributed by atoms with Crippen molar-refractivity contribution in [1.29, 1.82) is 0 Å². The highest BCUT2D eigenvalue weighted by Gasteiger charge is 2.28. The first-order valence-electron chi connectivity index (χ1n) is 15.5. The highest BCUT2D eigenvalue weighted by atomic mass is 15.2. The average Bonchev–Trinajstić information content (AvgIpc) is 3.07. The number of rotatable bonds is 10. The Kier molecular flexibility index (Phi) is 9.22. The zero-order chi connectivity index (χ0) is 30.3. The van der Waals surface area contributed by atoms with Crippen LogP contribution >= 0.6 is 0 Å². The highest BCUT2D eigenvalue weighted by Crippen LogP contribution is 2.35. The Morgan fingerprint density at radius 1 is 0.773 bits per heavy atom. The lowest BCUT2D eigenvalue weighted by molar-refractivity contribution is 0.163. The van der Waals surface area contributed by atoms with E-state index in [4.69, 9.17) is 0 Å². The van der Waals surface area contributed by atoms with Gasteiger partial charge in [0, 0.05) is 44.2 Å². The molecule has 7 nitrogen and oxygen atoms in total. The van der Waals surface area contributed by atoms with Gasteiger partial charge in [-0.1, -0.05) is 84.9 Å². The molecule has 1 fully saturated rings. The number of benzene rings is 3. The van der Waals surface area contributed by atoms with Crippen molar-refractivity contribution >= 4 is 11.5 Å². The van der Waals surface area contributed by atoms with Gasteiger partial charge < -0.3 is 10.2 Å². The van der Waals surface area contributed by atoms with Crippen molar-refractivity contribution in [3.63, 3.8) is 0 Å². The van der Waals surface area contributed by atoms with Gasteiger partial charge in [0.05, 0.1) is 17.1 Å². The van der Waals surface area contributed by atoms with Crippen LogP contribution in [0.4, 0.5) is 11.5 Å². The number of nitrogens with zero attached hydrogens (tertiary/aromatic N) is 6. The van der Waals surface area contributed by atoms with Gasteiger partial charge in [-0.3, -0.25) is 4.90 Å². The van der Waals surface area contributed by atoms with Gasteiger partial charge in [-0.15, -0.1) is 15.3 Å². The maximum atomic E-state index is 4.56. The van der Waals surface area contributed by atoms with Crippen LogP contribution in [-0.4, -0.2) is 59.0 Å². The van der Waals surface area contributed by atoms with E-state index in [1.807, 2.05) is 37.3 Å². The van der Waals surface area contributed by atoms with Gasteiger partial charge in [0.25, 0.3) is 0 Å². The lowest BCUT2D eigenvalue weighted by atomic mass is 9.79. The normalized spacial score (nSPS) is 14.7. The van der Waals surface area contributed by atoms with Crippen molar-refractivity contribution < 1.29 is 0 Å². The molecule has 1 aliphatic rings. The maximum Gasteiger partial charge on any atom is 0.148 e. The number of aryl methyl sites for hydroxylation is 1. The number of hydrogen-bond acceptors (Lipinski definition) is 7. The third-order valence-corrected chi connectivity index (χ3v) is 8.68. The summed E-state index contributed by atoms with van der Waals surface area (Å²) in [5, 5.41) is 21.6. The van der Waals surface area contributed by atoms with Crippen molar-refractivity contribution in [2.24, 2.45) is 5.92 Å². The first kappa shape index (κ1) is 29.5. The van der Waals surface area contributed by atoms with Crippen LogP contribution in [0.3, 0.4) is 0 Å². The molecule has 0 amide bonds. The van der Waals surface area contributed by atoms with E-state index in [1.54, 1.807) is 0 Å². The van der Waals surface area contributed by atoms with Crippen LogP contribution in [0, 0.1) is 12.8 Å². The molecule has 0 radical (unpaired) electrons. The minimum atomic E-state index is 0.343. The Morgan fingerprint density at radius 2 is 1.48 bits per heavy atom. The molecule has 3 aromatic carbocycles. The van der Waals surface area contributed by atoms with Crippen molar-refractivity contribution in [2.75, 3.05) is 43.9 Å². The molecule has 0 saturated carbocycles. The van der Waals surface area contributed by atoms with E-state index in [1.165, 1.54) is 11.1 Å². The molecule has 0 bridgehead atoms. The fourth-order valence-corrected chi connectivity index (χ4v) is 6.23. The van der Waals surface area contributed by atoms with Crippen molar-refractivity contribution in [2.45, 2.75) is 32.2 Å². The van der Waals surface area contributed by atoms with E-state index in [-0.39, 0.29) is 0 Å². The number of piperidine rings is 1. The number of aromatic nitrogens is 4. The summed E-state index contributed by atoms with van der Waals surface area (Å²) < 4.78 is 0. The molecule has 44 heavy (non-hydrogen) atoms. The summed E-state index contributed by atoms with van der Waals surface area (Å²) in [5.41, 5.74) is 8.65. The molecule has 1 unspecified atom stereocenters. The summed E-state index contributed by atoms with van der Waals surface area (Å²) in [6.45, 7) is 6.00. The molecular formula is C37H41N7. The largest absolute Gasteiger partial charge is 0.376 e. The lowest BCUT2D eigenvalue weighted by Gasteiger charge is -2.36. The van der Waals surface area contributed by atoms with Gasteiger partial charge in [0.2, 0.25) is 0 Å². The zero-order valence-corrected chi connectivity index (χ0v) is 25.9. The molecule has 3 heterocycles. The second kappa shape index (κ2) is 13.8. The van der Waals surface area contributed by atoms with Crippen LogP contribution in [0.1, 0.15) is 35.6 Å². The Balaban J connectivity index is 1.20. The van der Waals surface area contributed by atoms with Crippen molar-refractivity contribution in [3.8, 4) is 22.5 Å². The van der Waals surface area contributed by atoms with Crippen LogP contribution in [0.15, 0.2) is 103 Å². The molecule has 7 heteroatoms. The van der Waals surface area contributed by atoms with Crippen LogP contribution in [-0.2, 0) is 6.54 Å². The van der Waals surface area contributed by atoms with Crippen LogP contribution in [0.5, 0.6) is 0 Å². The number of anilines is 2. The SMILES string of the molecule is Cc1cc(N(C)C)c(-c2ccc(C(CNc3ccc(-c4ccccc4)nn3)C3CCN(Cc4ccccc4)CC3)cc2)nn1. The van der Waals surface area contributed by atoms with Crippen LogP contribution < -0.4 is 10.2 Å². The second-order valence-corrected chi connectivity index (χ2v) is 12.0. The topological polar surface area (TPSA) is 70.1 Å². The van der Waals surface area contributed by atoms with E-state index in [2.05, 4.69) is 122 Å². The summed E-state index contributed by atoms with van der Waals surface area (Å²) >= 11 is 0. The van der Waals surface area contributed by atoms with E-state index >= 15 is 0 Å². The minimum Gasteiger partial charge on any atom is -0.376 e. The van der Waals surface area contributed by atoms with E-state index in [0.29, 0.717) is 11.8 Å². The summed E-state index contributed by atoms with van der Waals surface area (Å²) in [6.07, 6.45) is 2.32. The number of nitrogens with one attached hydrogen (secondary N) is 1. The van der Waals surface area contributed by atoms with Gasteiger partial charge in [-0.25, -0.2) is 0 Å². The molecule has 2 aromatic heterocycles. The van der Waals surface area contributed by atoms with Gasteiger partial charge in [0.1, 0.15) is 11.5 Å². The molecule has 1 saturated heterocycles.